The van der Waals surface area contributed by atoms with E-state index in [1.54, 1.807) is 0 Å². The van der Waals surface area contributed by atoms with Crippen LogP contribution in [0.2, 0.25) is 0 Å². The minimum atomic E-state index is -0.831. The van der Waals surface area contributed by atoms with Crippen molar-refractivity contribution in [2.75, 3.05) is 6.54 Å². The van der Waals surface area contributed by atoms with Crippen LogP contribution < -0.4 is 5.32 Å². The van der Waals surface area contributed by atoms with Crippen molar-refractivity contribution < 1.29 is 9.90 Å². The summed E-state index contributed by atoms with van der Waals surface area (Å²) >= 11 is 0. The summed E-state index contributed by atoms with van der Waals surface area (Å²) in [5, 5.41) is 17.4. The molecule has 21 heavy (non-hydrogen) atoms. The van der Waals surface area contributed by atoms with Gasteiger partial charge in [-0.05, 0) is 38.7 Å². The number of hydrogen-bond acceptors (Lipinski definition) is 3. The number of aromatic nitrogens is 2. The number of aliphatic hydroxyl groups is 1. The van der Waals surface area contributed by atoms with Gasteiger partial charge >= 0.3 is 0 Å². The largest absolute Gasteiger partial charge is 0.388 e. The Kier molecular flexibility index (Phi) is 6.40. The van der Waals surface area contributed by atoms with E-state index in [0.717, 1.165) is 18.5 Å². The first-order valence-corrected chi connectivity index (χ1v) is 7.97. The molecule has 0 aliphatic carbocycles. The molecule has 0 bridgehead atoms. The molecule has 1 heterocycles. The van der Waals surface area contributed by atoms with Crippen molar-refractivity contribution in [3.8, 4) is 0 Å². The molecule has 0 unspecified atom stereocenters. The lowest BCUT2D eigenvalue weighted by molar-refractivity contribution is 0.0313. The Morgan fingerprint density at radius 3 is 2.38 bits per heavy atom. The molecule has 0 aromatic carbocycles. The van der Waals surface area contributed by atoms with Crippen LogP contribution in [0.15, 0.2) is 6.07 Å². The Morgan fingerprint density at radius 1 is 1.33 bits per heavy atom. The van der Waals surface area contributed by atoms with Crippen LogP contribution in [0.5, 0.6) is 0 Å². The summed E-state index contributed by atoms with van der Waals surface area (Å²) in [4.78, 5) is 12.2. The Balaban J connectivity index is 2.78. The maximum Gasteiger partial charge on any atom is 0.271 e. The quantitative estimate of drug-likeness (QED) is 0.775. The first-order valence-electron chi connectivity index (χ1n) is 7.97. The highest BCUT2D eigenvalue weighted by Crippen LogP contribution is 2.18. The van der Waals surface area contributed by atoms with Gasteiger partial charge in [-0.25, -0.2) is 0 Å². The fourth-order valence-corrected chi connectivity index (χ4v) is 2.44. The predicted octanol–water partition coefficient (Wildman–Crippen LogP) is 2.83. The lowest BCUT2D eigenvalue weighted by Crippen LogP contribution is -2.42. The van der Waals surface area contributed by atoms with Crippen molar-refractivity contribution in [1.82, 2.24) is 15.1 Å². The summed E-state index contributed by atoms with van der Waals surface area (Å²) in [6, 6.07) is 2.14. The van der Waals surface area contributed by atoms with E-state index < -0.39 is 5.60 Å². The third-order valence-electron chi connectivity index (χ3n) is 4.34. The van der Waals surface area contributed by atoms with E-state index in [1.807, 2.05) is 31.5 Å². The van der Waals surface area contributed by atoms with Gasteiger partial charge in [0.25, 0.3) is 5.91 Å². The lowest BCUT2D eigenvalue weighted by Gasteiger charge is -2.25. The summed E-state index contributed by atoms with van der Waals surface area (Å²) in [5.74, 6) is -0.219. The van der Waals surface area contributed by atoms with Crippen LogP contribution >= 0.6 is 0 Å². The molecule has 0 atom stereocenters. The zero-order chi connectivity index (χ0) is 16.0. The maximum atomic E-state index is 12.2. The van der Waals surface area contributed by atoms with Gasteiger partial charge in [0, 0.05) is 12.2 Å². The Hall–Kier alpha value is -1.36. The fourth-order valence-electron chi connectivity index (χ4n) is 2.44. The number of nitrogens with one attached hydrogen (secondary N) is 1. The van der Waals surface area contributed by atoms with Crippen LogP contribution in [-0.2, 0) is 0 Å². The van der Waals surface area contributed by atoms with Gasteiger partial charge in [-0.3, -0.25) is 9.48 Å². The van der Waals surface area contributed by atoms with Crippen LogP contribution in [0.4, 0.5) is 0 Å². The van der Waals surface area contributed by atoms with Crippen LogP contribution in [-0.4, -0.2) is 32.9 Å². The molecule has 0 aliphatic heterocycles. The highest BCUT2D eigenvalue weighted by Gasteiger charge is 2.24. The normalized spacial score (nSPS) is 12.0. The summed E-state index contributed by atoms with van der Waals surface area (Å²) in [6.45, 7) is 10.3. The van der Waals surface area contributed by atoms with Crippen molar-refractivity contribution in [2.45, 2.75) is 71.9 Å². The maximum absolute atomic E-state index is 12.2. The average molecular weight is 295 g/mol. The van der Waals surface area contributed by atoms with E-state index in [4.69, 9.17) is 0 Å². The van der Waals surface area contributed by atoms with E-state index in [1.165, 1.54) is 0 Å². The predicted molar refractivity (Wildman–Crippen MR) is 84.4 cm³/mol. The smallest absolute Gasteiger partial charge is 0.271 e. The minimum absolute atomic E-state index is 0.219. The summed E-state index contributed by atoms with van der Waals surface area (Å²) in [5.41, 5.74) is 0.590. The summed E-state index contributed by atoms with van der Waals surface area (Å²) in [7, 11) is 0. The van der Waals surface area contributed by atoms with Crippen molar-refractivity contribution in [3.05, 3.63) is 17.5 Å². The molecule has 2 N–H and O–H groups in total. The number of aryl methyl sites for hydroxylation is 1. The van der Waals surface area contributed by atoms with E-state index in [0.29, 0.717) is 24.6 Å². The Bertz CT molecular complexity index is 460. The zero-order valence-corrected chi connectivity index (χ0v) is 13.9. The molecular weight excluding hydrogens is 266 g/mol. The number of rotatable bonds is 8. The first-order chi connectivity index (χ1) is 9.90. The molecule has 120 valence electrons. The van der Waals surface area contributed by atoms with E-state index in [-0.39, 0.29) is 12.5 Å². The van der Waals surface area contributed by atoms with Gasteiger partial charge in [0.05, 0.1) is 11.6 Å². The molecule has 0 saturated heterocycles. The zero-order valence-electron chi connectivity index (χ0n) is 13.9. The highest BCUT2D eigenvalue weighted by atomic mass is 16.3. The molecule has 1 aromatic heterocycles. The third-order valence-corrected chi connectivity index (χ3v) is 4.34. The van der Waals surface area contributed by atoms with Gasteiger partial charge in [-0.1, -0.05) is 27.7 Å². The number of hydrogen-bond donors (Lipinski definition) is 2. The molecule has 5 nitrogen and oxygen atoms in total. The summed E-state index contributed by atoms with van der Waals surface area (Å²) < 4.78 is 1.93. The SMILES string of the molecule is CCC(CC)n1nc(C(=O)NCC(O)(CC)CC)cc1C. The van der Waals surface area contributed by atoms with Crippen molar-refractivity contribution in [1.29, 1.82) is 0 Å². The molecule has 0 aliphatic rings. The second-order valence-electron chi connectivity index (χ2n) is 5.70. The second-order valence-corrected chi connectivity index (χ2v) is 5.70. The molecule has 0 fully saturated rings. The van der Waals surface area contributed by atoms with Crippen LogP contribution in [0.25, 0.3) is 0 Å². The van der Waals surface area contributed by atoms with Crippen molar-refractivity contribution in [2.24, 2.45) is 0 Å². The number of carbonyl (C=O) groups is 1. The molecule has 1 rings (SSSR count). The monoisotopic (exact) mass is 295 g/mol. The number of carbonyl (C=O) groups excluding carboxylic acids is 1. The van der Waals surface area contributed by atoms with E-state index in [2.05, 4.69) is 24.3 Å². The highest BCUT2D eigenvalue weighted by molar-refractivity contribution is 5.92. The molecule has 1 amide bonds. The molecule has 5 heteroatoms. The molecule has 0 spiro atoms. The second kappa shape index (κ2) is 7.59. The molecule has 0 radical (unpaired) electrons. The van der Waals surface area contributed by atoms with Gasteiger partial charge in [-0.15, -0.1) is 0 Å². The Labute approximate surface area is 127 Å². The van der Waals surface area contributed by atoms with Crippen LogP contribution in [0.3, 0.4) is 0 Å². The van der Waals surface area contributed by atoms with Gasteiger partial charge < -0.3 is 10.4 Å². The summed E-state index contributed by atoms with van der Waals surface area (Å²) in [6.07, 6.45) is 3.22. The fraction of sp³-hybridized carbons (Fsp3) is 0.750. The molecule has 0 saturated carbocycles. The van der Waals surface area contributed by atoms with Gasteiger partial charge in [0.15, 0.2) is 0 Å². The van der Waals surface area contributed by atoms with Crippen LogP contribution in [0.1, 0.15) is 75.6 Å². The van der Waals surface area contributed by atoms with E-state index in [9.17, 15) is 9.90 Å². The van der Waals surface area contributed by atoms with Gasteiger partial charge in [-0.2, -0.15) is 5.10 Å². The Morgan fingerprint density at radius 2 is 1.90 bits per heavy atom. The average Bonchev–Trinajstić information content (AvgIpc) is 2.88. The standard InChI is InChI=1S/C16H29N3O2/c1-6-13(7-2)19-12(5)10-14(18-19)15(20)17-11-16(21,8-3)9-4/h10,13,21H,6-9,11H2,1-5H3,(H,17,20). The number of amides is 1. The minimum Gasteiger partial charge on any atom is -0.388 e. The number of nitrogens with zero attached hydrogens (tertiary/aromatic N) is 2. The van der Waals surface area contributed by atoms with Gasteiger partial charge in [0.2, 0.25) is 0 Å². The third kappa shape index (κ3) is 4.30. The topological polar surface area (TPSA) is 67.2 Å². The lowest BCUT2D eigenvalue weighted by atomic mass is 9.97. The van der Waals surface area contributed by atoms with Crippen molar-refractivity contribution >= 4 is 5.91 Å². The molecule has 1 aromatic rings. The van der Waals surface area contributed by atoms with E-state index >= 15 is 0 Å². The first kappa shape index (κ1) is 17.7. The molecular formula is C16H29N3O2. The van der Waals surface area contributed by atoms with Crippen molar-refractivity contribution in [3.63, 3.8) is 0 Å². The van der Waals surface area contributed by atoms with Crippen LogP contribution in [0, 0.1) is 6.92 Å². The van der Waals surface area contributed by atoms with Gasteiger partial charge in [0.1, 0.15) is 5.69 Å².